The SMILES string of the molecule is c1cc(Nc2nncs2)cc(-c2cnc3cc(-c4ccc(CN5CCOCC5)cc4)ccn23)c1. The number of hydrogen-bond donors (Lipinski definition) is 1. The maximum absolute atomic E-state index is 5.45. The van der Waals surface area contributed by atoms with Crippen LogP contribution in [0.1, 0.15) is 5.56 Å². The number of aromatic nitrogens is 4. The number of anilines is 2. The molecule has 1 saturated heterocycles. The number of nitrogens with one attached hydrogen (secondary N) is 1. The molecule has 4 heterocycles. The van der Waals surface area contributed by atoms with Gasteiger partial charge >= 0.3 is 0 Å². The Balaban J connectivity index is 1.22. The molecule has 1 N–H and O–H groups in total. The number of imidazole rings is 1. The fraction of sp³-hybridized carbons (Fsp3) is 0.192. The van der Waals surface area contributed by atoms with E-state index in [0.29, 0.717) is 0 Å². The molecule has 1 fully saturated rings. The number of morpholine rings is 1. The van der Waals surface area contributed by atoms with E-state index in [9.17, 15) is 0 Å². The molecule has 5 aromatic rings. The molecule has 7 nitrogen and oxygen atoms in total. The molecule has 2 aromatic carbocycles. The largest absolute Gasteiger partial charge is 0.379 e. The van der Waals surface area contributed by atoms with Gasteiger partial charge in [-0.2, -0.15) is 0 Å². The summed E-state index contributed by atoms with van der Waals surface area (Å²) in [6.07, 6.45) is 4.02. The summed E-state index contributed by atoms with van der Waals surface area (Å²) in [5.41, 5.74) is 9.43. The summed E-state index contributed by atoms with van der Waals surface area (Å²) in [6, 6.07) is 21.4. The van der Waals surface area contributed by atoms with Gasteiger partial charge in [-0.05, 0) is 41.0 Å². The number of fused-ring (bicyclic) bond motifs is 1. The van der Waals surface area contributed by atoms with E-state index in [1.54, 1.807) is 5.51 Å². The maximum atomic E-state index is 5.45. The molecule has 0 atom stereocenters. The Hall–Kier alpha value is -3.59. The van der Waals surface area contributed by atoms with Gasteiger partial charge in [-0.15, -0.1) is 10.2 Å². The topological polar surface area (TPSA) is 67.6 Å². The van der Waals surface area contributed by atoms with Gasteiger partial charge < -0.3 is 10.1 Å². The standard InChI is InChI=1S/C26H24N6OS/c1-2-22(14-23(3-1)29-26-30-28-18-34-26)24-16-27-25-15-21(8-9-32(24)25)20-6-4-19(5-7-20)17-31-10-12-33-13-11-31/h1-9,14-16,18H,10-13,17H2,(H,29,30). The third-order valence-corrected chi connectivity index (χ3v) is 6.69. The zero-order valence-corrected chi connectivity index (χ0v) is 19.4. The summed E-state index contributed by atoms with van der Waals surface area (Å²) < 4.78 is 7.57. The van der Waals surface area contributed by atoms with Crippen molar-refractivity contribution >= 4 is 27.8 Å². The van der Waals surface area contributed by atoms with Crippen LogP contribution in [0.4, 0.5) is 10.8 Å². The molecule has 34 heavy (non-hydrogen) atoms. The van der Waals surface area contributed by atoms with Crippen LogP contribution in [-0.4, -0.2) is 50.8 Å². The fourth-order valence-corrected chi connectivity index (χ4v) is 4.77. The van der Waals surface area contributed by atoms with E-state index in [-0.39, 0.29) is 0 Å². The molecule has 0 amide bonds. The van der Waals surface area contributed by atoms with Gasteiger partial charge in [0, 0.05) is 37.1 Å². The van der Waals surface area contributed by atoms with E-state index in [1.807, 2.05) is 18.3 Å². The Morgan fingerprint density at radius 2 is 1.82 bits per heavy atom. The molecule has 1 aliphatic rings. The molecule has 3 aromatic heterocycles. The first kappa shape index (κ1) is 21.0. The minimum Gasteiger partial charge on any atom is -0.379 e. The number of benzene rings is 2. The quantitative estimate of drug-likeness (QED) is 0.374. The molecule has 8 heteroatoms. The van der Waals surface area contributed by atoms with Crippen LogP contribution in [0.3, 0.4) is 0 Å². The van der Waals surface area contributed by atoms with E-state index < -0.39 is 0 Å². The maximum Gasteiger partial charge on any atom is 0.209 e. The van der Waals surface area contributed by atoms with Gasteiger partial charge in [0.2, 0.25) is 5.13 Å². The van der Waals surface area contributed by atoms with Crippen LogP contribution in [0.25, 0.3) is 28.0 Å². The summed E-state index contributed by atoms with van der Waals surface area (Å²) in [5.74, 6) is 0. The molecule has 0 saturated carbocycles. The Kier molecular flexibility index (Phi) is 5.76. The highest BCUT2D eigenvalue weighted by molar-refractivity contribution is 7.13. The predicted octanol–water partition coefficient (Wildman–Crippen LogP) is 5.10. The second kappa shape index (κ2) is 9.34. The van der Waals surface area contributed by atoms with E-state index >= 15 is 0 Å². The summed E-state index contributed by atoms with van der Waals surface area (Å²) in [7, 11) is 0. The minimum absolute atomic E-state index is 0.774. The molecule has 0 bridgehead atoms. The van der Waals surface area contributed by atoms with Crippen molar-refractivity contribution in [1.29, 1.82) is 0 Å². The Labute approximate surface area is 201 Å². The van der Waals surface area contributed by atoms with Crippen LogP contribution in [0, 0.1) is 0 Å². The average Bonchev–Trinajstić information content (AvgIpc) is 3.55. The summed E-state index contributed by atoms with van der Waals surface area (Å²) in [5, 5.41) is 12.0. The summed E-state index contributed by atoms with van der Waals surface area (Å²) in [6.45, 7) is 4.63. The Morgan fingerprint density at radius 3 is 2.65 bits per heavy atom. The van der Waals surface area contributed by atoms with Crippen molar-refractivity contribution in [2.24, 2.45) is 0 Å². The van der Waals surface area contributed by atoms with Crippen LogP contribution in [0.15, 0.2) is 78.6 Å². The molecule has 0 spiro atoms. The van der Waals surface area contributed by atoms with Crippen LogP contribution >= 0.6 is 11.3 Å². The molecule has 0 unspecified atom stereocenters. The second-order valence-electron chi connectivity index (χ2n) is 8.32. The molecule has 170 valence electrons. The lowest BCUT2D eigenvalue weighted by atomic mass is 10.0. The molecule has 0 radical (unpaired) electrons. The third kappa shape index (κ3) is 4.43. The van der Waals surface area contributed by atoms with Crippen molar-refractivity contribution in [3.63, 3.8) is 0 Å². The zero-order valence-electron chi connectivity index (χ0n) is 18.6. The Bertz CT molecular complexity index is 1390. The molecule has 0 aliphatic carbocycles. The van der Waals surface area contributed by atoms with Gasteiger partial charge in [0.05, 0.1) is 25.1 Å². The van der Waals surface area contributed by atoms with E-state index in [4.69, 9.17) is 4.74 Å². The van der Waals surface area contributed by atoms with Crippen molar-refractivity contribution < 1.29 is 4.74 Å². The second-order valence-corrected chi connectivity index (χ2v) is 9.16. The lowest BCUT2D eigenvalue weighted by molar-refractivity contribution is 0.0342. The van der Waals surface area contributed by atoms with E-state index in [1.165, 1.54) is 22.5 Å². The first-order valence-corrected chi connectivity index (χ1v) is 12.2. The van der Waals surface area contributed by atoms with Crippen molar-refractivity contribution in [3.8, 4) is 22.4 Å². The number of hydrogen-bond acceptors (Lipinski definition) is 7. The van der Waals surface area contributed by atoms with Gasteiger partial charge in [-0.25, -0.2) is 4.98 Å². The number of rotatable bonds is 6. The summed E-state index contributed by atoms with van der Waals surface area (Å²) >= 11 is 1.47. The lowest BCUT2D eigenvalue weighted by Gasteiger charge is -2.26. The van der Waals surface area contributed by atoms with Crippen molar-refractivity contribution in [3.05, 3.63) is 84.1 Å². The third-order valence-electron chi connectivity index (χ3n) is 6.08. The number of nitrogens with zero attached hydrogens (tertiary/aromatic N) is 5. The van der Waals surface area contributed by atoms with Gasteiger partial charge in [-0.1, -0.05) is 47.7 Å². The van der Waals surface area contributed by atoms with Crippen LogP contribution < -0.4 is 5.32 Å². The monoisotopic (exact) mass is 468 g/mol. The van der Waals surface area contributed by atoms with Crippen LogP contribution in [0.2, 0.25) is 0 Å². The first-order chi connectivity index (χ1) is 16.8. The number of ether oxygens (including phenoxy) is 1. The highest BCUT2D eigenvalue weighted by Gasteiger charge is 2.12. The van der Waals surface area contributed by atoms with Crippen molar-refractivity contribution in [2.45, 2.75) is 6.54 Å². The van der Waals surface area contributed by atoms with E-state index in [2.05, 4.69) is 84.5 Å². The van der Waals surface area contributed by atoms with Crippen molar-refractivity contribution in [1.82, 2.24) is 24.5 Å². The van der Waals surface area contributed by atoms with Gasteiger partial charge in [0.25, 0.3) is 0 Å². The average molecular weight is 469 g/mol. The van der Waals surface area contributed by atoms with Crippen LogP contribution in [-0.2, 0) is 11.3 Å². The lowest BCUT2D eigenvalue weighted by Crippen LogP contribution is -2.35. The highest BCUT2D eigenvalue weighted by atomic mass is 32.1. The van der Waals surface area contributed by atoms with E-state index in [0.717, 1.165) is 66.1 Å². The van der Waals surface area contributed by atoms with Crippen molar-refractivity contribution in [2.75, 3.05) is 31.6 Å². The molecular weight excluding hydrogens is 444 g/mol. The van der Waals surface area contributed by atoms with Gasteiger partial charge in [0.1, 0.15) is 11.2 Å². The predicted molar refractivity (Wildman–Crippen MR) is 135 cm³/mol. The minimum atomic E-state index is 0.774. The molecular formula is C26H24N6OS. The number of pyridine rings is 1. The van der Waals surface area contributed by atoms with Gasteiger partial charge in [0.15, 0.2) is 0 Å². The smallest absolute Gasteiger partial charge is 0.209 e. The zero-order chi connectivity index (χ0) is 22.7. The normalized spacial score (nSPS) is 14.5. The molecule has 6 rings (SSSR count). The van der Waals surface area contributed by atoms with Gasteiger partial charge in [-0.3, -0.25) is 9.30 Å². The Morgan fingerprint density at radius 1 is 0.941 bits per heavy atom. The summed E-state index contributed by atoms with van der Waals surface area (Å²) in [4.78, 5) is 7.12. The highest BCUT2D eigenvalue weighted by Crippen LogP contribution is 2.28. The van der Waals surface area contributed by atoms with Crippen LogP contribution in [0.5, 0.6) is 0 Å². The molecule has 1 aliphatic heterocycles. The fourth-order valence-electron chi connectivity index (χ4n) is 4.30. The first-order valence-electron chi connectivity index (χ1n) is 11.3.